The predicted molar refractivity (Wildman–Crippen MR) is 59.1 cm³/mol. The molecule has 1 spiro atoms. The molecule has 0 bridgehead atoms. The van der Waals surface area contributed by atoms with Gasteiger partial charge in [0.1, 0.15) is 0 Å². The van der Waals surface area contributed by atoms with E-state index in [1.54, 1.807) is 0 Å². The van der Waals surface area contributed by atoms with Crippen LogP contribution in [0.4, 0.5) is 0 Å². The molecular formula is C13H16INO2. The Morgan fingerprint density at radius 1 is 1.35 bits per heavy atom. The van der Waals surface area contributed by atoms with Gasteiger partial charge in [0.15, 0.2) is 0 Å². The summed E-state index contributed by atoms with van der Waals surface area (Å²) < 4.78 is 9.02. The molecular weight excluding hydrogens is 329 g/mol. The van der Waals surface area contributed by atoms with E-state index in [2.05, 4.69) is 9.60 Å². The van der Waals surface area contributed by atoms with Gasteiger partial charge in [0, 0.05) is 0 Å². The van der Waals surface area contributed by atoms with E-state index in [1.165, 1.54) is 12.1 Å². The second kappa shape index (κ2) is 4.57. The SMILES string of the molecule is O=C1Oc2ccccc2CC12CCC[NH2+][I-]C2. The maximum atomic E-state index is 12.3. The number of quaternary nitrogens is 1. The van der Waals surface area contributed by atoms with Crippen LogP contribution in [0.5, 0.6) is 5.75 Å². The monoisotopic (exact) mass is 345 g/mol. The van der Waals surface area contributed by atoms with Crippen LogP contribution in [0, 0.1) is 5.41 Å². The summed E-state index contributed by atoms with van der Waals surface area (Å²) in [7, 11) is 0. The number of hydrogen-bond donors (Lipinski definition) is 1. The average molecular weight is 345 g/mol. The zero-order chi connectivity index (χ0) is 11.7. The Hall–Kier alpha value is -0.620. The zero-order valence-corrected chi connectivity index (χ0v) is 11.8. The van der Waals surface area contributed by atoms with Crippen LogP contribution in [-0.2, 0) is 11.2 Å². The van der Waals surface area contributed by atoms with E-state index >= 15 is 0 Å². The average Bonchev–Trinajstić information content (AvgIpc) is 2.57. The molecule has 0 aromatic heterocycles. The van der Waals surface area contributed by atoms with Crippen LogP contribution in [0.15, 0.2) is 24.3 Å². The number of rotatable bonds is 0. The zero-order valence-electron chi connectivity index (χ0n) is 9.62. The van der Waals surface area contributed by atoms with E-state index in [1.807, 2.05) is 18.2 Å². The van der Waals surface area contributed by atoms with E-state index in [0.29, 0.717) is 0 Å². The minimum atomic E-state index is -0.200. The van der Waals surface area contributed by atoms with Crippen molar-refractivity contribution in [1.82, 2.24) is 0 Å². The number of carbonyl (C=O) groups is 1. The topological polar surface area (TPSA) is 42.9 Å². The third-order valence-corrected chi connectivity index (χ3v) is 6.69. The van der Waals surface area contributed by atoms with Gasteiger partial charge in [-0.2, -0.15) is 0 Å². The fraction of sp³-hybridized carbons (Fsp3) is 0.462. The Bertz CT molecular complexity index is 439. The molecule has 17 heavy (non-hydrogen) atoms. The van der Waals surface area contributed by atoms with Gasteiger partial charge >= 0.3 is 112 Å². The van der Waals surface area contributed by atoms with Crippen molar-refractivity contribution in [2.24, 2.45) is 5.41 Å². The fourth-order valence-corrected chi connectivity index (χ4v) is 5.55. The summed E-state index contributed by atoms with van der Waals surface area (Å²) in [6.07, 6.45) is 3.02. The van der Waals surface area contributed by atoms with Gasteiger partial charge in [0.25, 0.3) is 0 Å². The van der Waals surface area contributed by atoms with Crippen molar-refractivity contribution in [2.45, 2.75) is 19.3 Å². The van der Waals surface area contributed by atoms with Crippen molar-refractivity contribution in [1.29, 1.82) is 0 Å². The van der Waals surface area contributed by atoms with Gasteiger partial charge in [-0.25, -0.2) is 0 Å². The van der Waals surface area contributed by atoms with Gasteiger partial charge in [0.2, 0.25) is 0 Å². The molecule has 0 aliphatic carbocycles. The summed E-state index contributed by atoms with van der Waals surface area (Å²) in [6.45, 7) is 1.18. The number of nitrogens with two attached hydrogens (primary N) is 1. The van der Waals surface area contributed by atoms with Gasteiger partial charge in [-0.15, -0.1) is 0 Å². The molecule has 0 amide bonds. The number of benzene rings is 1. The Labute approximate surface area is 112 Å². The van der Waals surface area contributed by atoms with Crippen LogP contribution in [0.25, 0.3) is 0 Å². The number of hydrogen-bond acceptors (Lipinski definition) is 2. The predicted octanol–water partition coefficient (Wildman–Crippen LogP) is -2.50. The van der Waals surface area contributed by atoms with Crippen LogP contribution < -0.4 is 29.7 Å². The van der Waals surface area contributed by atoms with Crippen LogP contribution in [0.3, 0.4) is 0 Å². The minimum absolute atomic E-state index is 0.0196. The Morgan fingerprint density at radius 3 is 3.18 bits per heavy atom. The van der Waals surface area contributed by atoms with E-state index in [9.17, 15) is 4.79 Å². The van der Waals surface area contributed by atoms with Crippen molar-refractivity contribution in [3.05, 3.63) is 29.8 Å². The number of alkyl halides is 1. The van der Waals surface area contributed by atoms with Crippen molar-refractivity contribution in [3.8, 4) is 5.75 Å². The number of fused-ring (bicyclic) bond motifs is 1. The first kappa shape index (κ1) is 11.5. The molecule has 3 nitrogen and oxygen atoms in total. The van der Waals surface area contributed by atoms with Crippen LogP contribution >= 0.6 is 0 Å². The third-order valence-electron chi connectivity index (χ3n) is 3.55. The standard InChI is InChI=1S/C13H16INO2/c16-12-13(6-3-7-15-14-9-13)8-10-4-1-2-5-11(10)17-12/h1-2,4-5H,3,6-9,15H2. The molecule has 2 N–H and O–H groups in total. The number of halogens is 1. The number of esters is 1. The van der Waals surface area contributed by atoms with Crippen molar-refractivity contribution in [3.63, 3.8) is 0 Å². The molecule has 2 aliphatic rings. The van der Waals surface area contributed by atoms with E-state index in [0.717, 1.165) is 29.4 Å². The fourth-order valence-electron chi connectivity index (χ4n) is 2.55. The van der Waals surface area contributed by atoms with Crippen LogP contribution in [0.2, 0.25) is 0 Å². The van der Waals surface area contributed by atoms with Crippen LogP contribution in [-0.4, -0.2) is 16.9 Å². The normalized spacial score (nSPS) is 28.8. The molecule has 0 radical (unpaired) electrons. The van der Waals surface area contributed by atoms with Gasteiger partial charge in [0.05, 0.1) is 0 Å². The van der Waals surface area contributed by atoms with Crippen molar-refractivity contribution < 1.29 is 34.5 Å². The molecule has 4 heteroatoms. The Balaban J connectivity index is 1.95. The van der Waals surface area contributed by atoms with E-state index in [-0.39, 0.29) is 32.9 Å². The number of ether oxygens (including phenoxy) is 1. The summed E-state index contributed by atoms with van der Waals surface area (Å²) in [5.74, 6) is 0.792. The van der Waals surface area contributed by atoms with Gasteiger partial charge in [-0.1, -0.05) is 0 Å². The summed E-state index contributed by atoms with van der Waals surface area (Å²) in [4.78, 5) is 12.3. The first-order valence-electron chi connectivity index (χ1n) is 6.00. The summed E-state index contributed by atoms with van der Waals surface area (Å²) in [6, 6.07) is 7.95. The molecule has 1 aromatic rings. The number of para-hydroxylation sites is 1. The quantitative estimate of drug-likeness (QED) is 0.186. The first-order chi connectivity index (χ1) is 8.30. The van der Waals surface area contributed by atoms with E-state index in [4.69, 9.17) is 4.74 Å². The van der Waals surface area contributed by atoms with Crippen molar-refractivity contribution >= 4 is 5.97 Å². The molecule has 1 saturated heterocycles. The molecule has 1 aromatic carbocycles. The molecule has 1 fully saturated rings. The first-order valence-corrected chi connectivity index (χ1v) is 8.77. The summed E-state index contributed by atoms with van der Waals surface area (Å²) in [5, 5.41) is 0. The molecule has 3 rings (SSSR count). The number of carbonyl (C=O) groups excluding carboxylic acids is 1. The third kappa shape index (κ3) is 2.08. The van der Waals surface area contributed by atoms with Gasteiger partial charge in [-0.3, -0.25) is 0 Å². The second-order valence-corrected chi connectivity index (χ2v) is 7.31. The molecule has 2 heterocycles. The molecule has 0 saturated carbocycles. The molecule has 2 aliphatic heterocycles. The summed E-state index contributed by atoms with van der Waals surface area (Å²) in [5.41, 5.74) is 1.01. The van der Waals surface area contributed by atoms with E-state index < -0.39 is 0 Å². The maximum absolute atomic E-state index is 12.3. The van der Waals surface area contributed by atoms with Gasteiger partial charge in [-0.05, 0) is 0 Å². The van der Waals surface area contributed by atoms with Gasteiger partial charge < -0.3 is 0 Å². The Kier molecular flexibility index (Phi) is 3.08. The Morgan fingerprint density at radius 2 is 2.24 bits per heavy atom. The molecule has 1 atom stereocenters. The second-order valence-electron chi connectivity index (χ2n) is 4.79. The molecule has 1 unspecified atom stereocenters. The van der Waals surface area contributed by atoms with Crippen LogP contribution in [0.1, 0.15) is 18.4 Å². The van der Waals surface area contributed by atoms with Crippen molar-refractivity contribution in [2.75, 3.05) is 11.0 Å². The summed E-state index contributed by atoms with van der Waals surface area (Å²) >= 11 is 0.0691. The molecule has 92 valence electrons.